The Labute approximate surface area is 102 Å². The Balaban J connectivity index is 1.87. The van der Waals surface area contributed by atoms with Crippen LogP contribution in [0.15, 0.2) is 36.6 Å². The van der Waals surface area contributed by atoms with Crippen molar-refractivity contribution in [1.29, 1.82) is 0 Å². The van der Waals surface area contributed by atoms with Crippen LogP contribution in [0, 0.1) is 5.41 Å². The molecule has 1 fully saturated rings. The molecular weight excluding hydrogens is 216 g/mol. The smallest absolute Gasteiger partial charge is 0.0942 e. The lowest BCUT2D eigenvalue weighted by molar-refractivity contribution is 0.151. The molecule has 1 heterocycles. The number of hydrogen-bond donors (Lipinski definition) is 0. The van der Waals surface area contributed by atoms with E-state index in [0.717, 1.165) is 6.61 Å². The van der Waals surface area contributed by atoms with Crippen LogP contribution in [-0.4, -0.2) is 18.1 Å². The molecule has 0 amide bonds. The lowest BCUT2D eigenvalue weighted by Gasteiger charge is -2.36. The van der Waals surface area contributed by atoms with E-state index < -0.39 is 0 Å². The number of hydrogen-bond acceptors (Lipinski definition) is 2. The quantitative estimate of drug-likeness (QED) is 0.732. The molecule has 0 unspecified atom stereocenters. The summed E-state index contributed by atoms with van der Waals surface area (Å²) in [5.74, 6) is 2.45. The van der Waals surface area contributed by atoms with Crippen LogP contribution in [0.5, 0.6) is 0 Å². The minimum atomic E-state index is 0.401. The summed E-state index contributed by atoms with van der Waals surface area (Å²) in [6.45, 7) is 5.21. The van der Waals surface area contributed by atoms with E-state index >= 15 is 0 Å². The molecule has 1 aromatic rings. The first-order chi connectivity index (χ1) is 7.70. The van der Waals surface area contributed by atoms with E-state index in [-0.39, 0.29) is 0 Å². The minimum Gasteiger partial charge on any atom is -0.500 e. The van der Waals surface area contributed by atoms with Gasteiger partial charge in [0.2, 0.25) is 0 Å². The Morgan fingerprint density at radius 3 is 2.62 bits per heavy atom. The zero-order chi connectivity index (χ0) is 11.4. The van der Waals surface area contributed by atoms with Crippen molar-refractivity contribution in [2.24, 2.45) is 5.41 Å². The first-order valence-electron chi connectivity index (χ1n) is 5.61. The standard InChI is InChI=1S/C14H18OS/c1-12(13-6-4-3-5-7-13)8-15-9-14(2)10-16-11-14/h3-8H,9-11H2,1-2H3/b12-8-. The Morgan fingerprint density at radius 2 is 2.06 bits per heavy atom. The van der Waals surface area contributed by atoms with Gasteiger partial charge in [-0.25, -0.2) is 0 Å². The van der Waals surface area contributed by atoms with Gasteiger partial charge in [-0.1, -0.05) is 37.3 Å². The lowest BCUT2D eigenvalue weighted by atomic mass is 9.96. The van der Waals surface area contributed by atoms with Crippen molar-refractivity contribution in [3.63, 3.8) is 0 Å². The maximum atomic E-state index is 5.68. The molecular formula is C14H18OS. The van der Waals surface area contributed by atoms with Crippen molar-refractivity contribution < 1.29 is 4.74 Å². The summed E-state index contributed by atoms with van der Waals surface area (Å²) in [5, 5.41) is 0. The molecule has 1 aliphatic rings. The highest BCUT2D eigenvalue weighted by Gasteiger charge is 2.33. The highest BCUT2D eigenvalue weighted by molar-refractivity contribution is 8.00. The fourth-order valence-electron chi connectivity index (χ4n) is 1.67. The van der Waals surface area contributed by atoms with Crippen LogP contribution in [0.25, 0.3) is 5.57 Å². The van der Waals surface area contributed by atoms with E-state index in [4.69, 9.17) is 4.74 Å². The van der Waals surface area contributed by atoms with Gasteiger partial charge in [0.25, 0.3) is 0 Å². The molecule has 0 N–H and O–H groups in total. The van der Waals surface area contributed by atoms with Gasteiger partial charge in [-0.15, -0.1) is 0 Å². The first kappa shape index (κ1) is 11.6. The molecule has 86 valence electrons. The van der Waals surface area contributed by atoms with Crippen molar-refractivity contribution in [2.75, 3.05) is 18.1 Å². The van der Waals surface area contributed by atoms with Crippen molar-refractivity contribution in [1.82, 2.24) is 0 Å². The third kappa shape index (κ3) is 2.82. The van der Waals surface area contributed by atoms with Crippen LogP contribution in [0.3, 0.4) is 0 Å². The summed E-state index contributed by atoms with van der Waals surface area (Å²) in [4.78, 5) is 0. The lowest BCUT2D eigenvalue weighted by Crippen LogP contribution is -2.36. The van der Waals surface area contributed by atoms with Gasteiger partial charge in [0, 0.05) is 16.9 Å². The number of benzene rings is 1. The summed E-state index contributed by atoms with van der Waals surface area (Å²) in [5.41, 5.74) is 2.82. The maximum Gasteiger partial charge on any atom is 0.0942 e. The van der Waals surface area contributed by atoms with Crippen LogP contribution in [0.4, 0.5) is 0 Å². The molecule has 1 nitrogen and oxygen atoms in total. The van der Waals surface area contributed by atoms with E-state index in [1.54, 1.807) is 0 Å². The molecule has 0 aliphatic carbocycles. The second-order valence-corrected chi connectivity index (χ2v) is 5.77. The Bertz CT molecular complexity index is 366. The summed E-state index contributed by atoms with van der Waals surface area (Å²) in [6.07, 6.45) is 1.89. The summed E-state index contributed by atoms with van der Waals surface area (Å²) < 4.78 is 5.68. The molecule has 2 rings (SSSR count). The summed E-state index contributed by atoms with van der Waals surface area (Å²) in [6, 6.07) is 10.4. The van der Waals surface area contributed by atoms with Gasteiger partial charge >= 0.3 is 0 Å². The fraction of sp³-hybridized carbons (Fsp3) is 0.429. The molecule has 1 saturated heterocycles. The van der Waals surface area contributed by atoms with Crippen LogP contribution in [0.2, 0.25) is 0 Å². The van der Waals surface area contributed by atoms with Gasteiger partial charge < -0.3 is 4.74 Å². The van der Waals surface area contributed by atoms with E-state index in [1.807, 2.05) is 24.1 Å². The second kappa shape index (κ2) is 4.96. The Morgan fingerprint density at radius 1 is 1.38 bits per heavy atom. The largest absolute Gasteiger partial charge is 0.500 e. The van der Waals surface area contributed by atoms with Gasteiger partial charge in [-0.05, 0) is 18.1 Å². The molecule has 0 bridgehead atoms. The van der Waals surface area contributed by atoms with E-state index in [1.165, 1.54) is 22.6 Å². The average molecular weight is 234 g/mol. The molecule has 0 atom stereocenters. The Hall–Kier alpha value is -0.890. The van der Waals surface area contributed by atoms with Crippen molar-refractivity contribution in [2.45, 2.75) is 13.8 Å². The molecule has 1 aromatic carbocycles. The summed E-state index contributed by atoms with van der Waals surface area (Å²) in [7, 11) is 0. The molecule has 0 radical (unpaired) electrons. The van der Waals surface area contributed by atoms with Gasteiger partial charge in [0.05, 0.1) is 12.9 Å². The monoisotopic (exact) mass is 234 g/mol. The number of allylic oxidation sites excluding steroid dienone is 1. The maximum absolute atomic E-state index is 5.68. The van der Waals surface area contributed by atoms with Crippen molar-refractivity contribution >= 4 is 17.3 Å². The van der Waals surface area contributed by atoms with Crippen LogP contribution in [-0.2, 0) is 4.74 Å². The number of ether oxygens (including phenoxy) is 1. The predicted molar refractivity (Wildman–Crippen MR) is 71.5 cm³/mol. The van der Waals surface area contributed by atoms with Crippen LogP contribution < -0.4 is 0 Å². The minimum absolute atomic E-state index is 0.401. The van der Waals surface area contributed by atoms with Gasteiger partial charge in [-0.2, -0.15) is 11.8 Å². The fourth-order valence-corrected chi connectivity index (χ4v) is 2.74. The normalized spacial score (nSPS) is 19.0. The van der Waals surface area contributed by atoms with E-state index in [0.29, 0.717) is 5.41 Å². The van der Waals surface area contributed by atoms with Crippen molar-refractivity contribution in [3.8, 4) is 0 Å². The molecule has 0 spiro atoms. The van der Waals surface area contributed by atoms with Gasteiger partial charge in [-0.3, -0.25) is 0 Å². The van der Waals surface area contributed by atoms with Crippen LogP contribution in [0.1, 0.15) is 19.4 Å². The topological polar surface area (TPSA) is 9.23 Å². The second-order valence-electron chi connectivity index (χ2n) is 4.78. The molecule has 0 aromatic heterocycles. The van der Waals surface area contributed by atoms with Gasteiger partial charge in [0.15, 0.2) is 0 Å². The highest BCUT2D eigenvalue weighted by atomic mass is 32.2. The predicted octanol–water partition coefficient (Wildman–Crippen LogP) is 3.82. The Kier molecular flexibility index (Phi) is 3.59. The molecule has 16 heavy (non-hydrogen) atoms. The third-order valence-electron chi connectivity index (χ3n) is 2.82. The van der Waals surface area contributed by atoms with E-state index in [2.05, 4.69) is 38.1 Å². The molecule has 0 saturated carbocycles. The van der Waals surface area contributed by atoms with Crippen LogP contribution >= 0.6 is 11.8 Å². The zero-order valence-electron chi connectivity index (χ0n) is 9.90. The van der Waals surface area contributed by atoms with Gasteiger partial charge in [0.1, 0.15) is 0 Å². The zero-order valence-corrected chi connectivity index (χ0v) is 10.7. The number of rotatable bonds is 4. The molecule has 2 heteroatoms. The highest BCUT2D eigenvalue weighted by Crippen LogP contribution is 2.37. The third-order valence-corrected chi connectivity index (χ3v) is 4.62. The molecule has 1 aliphatic heterocycles. The number of thioether (sulfide) groups is 1. The van der Waals surface area contributed by atoms with Crippen molar-refractivity contribution in [3.05, 3.63) is 42.2 Å². The SMILES string of the molecule is C/C(=C/OCC1(C)CSC1)c1ccccc1. The average Bonchev–Trinajstić information content (AvgIpc) is 2.28. The first-order valence-corrected chi connectivity index (χ1v) is 6.77. The summed E-state index contributed by atoms with van der Waals surface area (Å²) >= 11 is 2.00. The van der Waals surface area contributed by atoms with E-state index in [9.17, 15) is 0 Å².